The third kappa shape index (κ3) is 4.61. The van der Waals surface area contributed by atoms with Crippen LogP contribution in [0.1, 0.15) is 12.5 Å². The molecule has 1 nitrogen and oxygen atoms in total. The first-order valence-corrected chi connectivity index (χ1v) is 8.77. The van der Waals surface area contributed by atoms with E-state index in [2.05, 4.69) is 84.7 Å². The zero-order valence-corrected chi connectivity index (χ0v) is 15.0. The Hall–Kier alpha value is -3.32. The van der Waals surface area contributed by atoms with Crippen molar-refractivity contribution in [1.29, 1.82) is 0 Å². The molecule has 1 N–H and O–H groups in total. The first-order valence-electron chi connectivity index (χ1n) is 8.77. The highest BCUT2D eigenvalue weighted by molar-refractivity contribution is 5.74. The maximum absolute atomic E-state index is 4.11. The van der Waals surface area contributed by atoms with E-state index in [-0.39, 0.29) is 0 Å². The highest BCUT2D eigenvalue weighted by Crippen LogP contribution is 2.22. The quantitative estimate of drug-likeness (QED) is 0.480. The molecule has 0 saturated heterocycles. The van der Waals surface area contributed by atoms with Gasteiger partial charge in [0, 0.05) is 11.4 Å². The van der Waals surface area contributed by atoms with Crippen LogP contribution in [0.2, 0.25) is 0 Å². The molecule has 0 aromatic heterocycles. The van der Waals surface area contributed by atoms with Crippen molar-refractivity contribution in [2.75, 3.05) is 5.32 Å². The van der Waals surface area contributed by atoms with Crippen molar-refractivity contribution in [1.82, 2.24) is 0 Å². The van der Waals surface area contributed by atoms with Crippen LogP contribution in [-0.2, 0) is 0 Å². The maximum Gasteiger partial charge on any atom is 0.0384 e. The molecule has 0 amide bonds. The van der Waals surface area contributed by atoms with Crippen molar-refractivity contribution in [3.8, 4) is 11.1 Å². The summed E-state index contributed by atoms with van der Waals surface area (Å²) in [5.41, 5.74) is 6.68. The summed E-state index contributed by atoms with van der Waals surface area (Å²) in [5, 5.41) is 3.34. The molecule has 3 aromatic carbocycles. The number of hydrogen-bond acceptors (Lipinski definition) is 1. The summed E-state index contributed by atoms with van der Waals surface area (Å²) in [5.74, 6) is 0. The van der Waals surface area contributed by atoms with Crippen molar-refractivity contribution in [3.63, 3.8) is 0 Å². The third-order valence-corrected chi connectivity index (χ3v) is 4.18. The highest BCUT2D eigenvalue weighted by atomic mass is 14.9. The predicted octanol–water partition coefficient (Wildman–Crippen LogP) is 6.94. The lowest BCUT2D eigenvalue weighted by atomic mass is 10.0. The number of hydrogen-bond donors (Lipinski definition) is 1. The summed E-state index contributed by atoms with van der Waals surface area (Å²) in [6.45, 7) is 6.15. The molecule has 26 heavy (non-hydrogen) atoms. The molecular formula is C25H23N. The van der Waals surface area contributed by atoms with E-state index in [4.69, 9.17) is 0 Å². The van der Waals surface area contributed by atoms with E-state index in [0.717, 1.165) is 11.4 Å². The Balaban J connectivity index is 1.65. The predicted molar refractivity (Wildman–Crippen MR) is 114 cm³/mol. The smallest absolute Gasteiger partial charge is 0.0384 e. The van der Waals surface area contributed by atoms with Gasteiger partial charge in [-0.25, -0.2) is 0 Å². The van der Waals surface area contributed by atoms with Crippen LogP contribution in [0.25, 0.3) is 16.7 Å². The van der Waals surface area contributed by atoms with Crippen molar-refractivity contribution in [2.24, 2.45) is 0 Å². The SMILES string of the molecule is C=C(/C=C\C(=C/C)c1ccccc1)Nc1ccc(-c2ccccc2)cc1. The molecule has 0 bridgehead atoms. The molecule has 0 aliphatic rings. The number of allylic oxidation sites excluding steroid dienone is 4. The second-order valence-corrected chi connectivity index (χ2v) is 6.04. The Morgan fingerprint density at radius 2 is 1.31 bits per heavy atom. The van der Waals surface area contributed by atoms with Crippen molar-refractivity contribution >= 4 is 11.3 Å². The summed E-state index contributed by atoms with van der Waals surface area (Å²) in [7, 11) is 0. The maximum atomic E-state index is 4.11. The lowest BCUT2D eigenvalue weighted by Gasteiger charge is -2.08. The van der Waals surface area contributed by atoms with Gasteiger partial charge in [0.05, 0.1) is 0 Å². The third-order valence-electron chi connectivity index (χ3n) is 4.18. The van der Waals surface area contributed by atoms with Crippen LogP contribution in [0, 0.1) is 0 Å². The van der Waals surface area contributed by atoms with Gasteiger partial charge >= 0.3 is 0 Å². The molecule has 0 radical (unpaired) electrons. The molecule has 3 aromatic rings. The van der Waals surface area contributed by atoms with Crippen molar-refractivity contribution in [3.05, 3.63) is 121 Å². The molecular weight excluding hydrogens is 314 g/mol. The Labute approximate surface area is 156 Å². The van der Waals surface area contributed by atoms with Gasteiger partial charge in [0.2, 0.25) is 0 Å². The van der Waals surface area contributed by atoms with Gasteiger partial charge in [0.1, 0.15) is 0 Å². The molecule has 0 atom stereocenters. The molecule has 0 fully saturated rings. The van der Waals surface area contributed by atoms with E-state index in [1.165, 1.54) is 22.3 Å². The largest absolute Gasteiger partial charge is 0.356 e. The molecule has 0 heterocycles. The van der Waals surface area contributed by atoms with Crippen LogP contribution in [-0.4, -0.2) is 0 Å². The number of rotatable bonds is 6. The Morgan fingerprint density at radius 1 is 0.731 bits per heavy atom. The van der Waals surface area contributed by atoms with E-state index >= 15 is 0 Å². The zero-order chi connectivity index (χ0) is 18.2. The first kappa shape index (κ1) is 17.5. The van der Waals surface area contributed by atoms with Crippen LogP contribution >= 0.6 is 0 Å². The molecule has 0 unspecified atom stereocenters. The van der Waals surface area contributed by atoms with Gasteiger partial charge in [-0.2, -0.15) is 0 Å². The summed E-state index contributed by atoms with van der Waals surface area (Å²) in [6.07, 6.45) is 6.20. The lowest BCUT2D eigenvalue weighted by Crippen LogP contribution is -1.95. The second kappa shape index (κ2) is 8.68. The van der Waals surface area contributed by atoms with Gasteiger partial charge in [0.15, 0.2) is 0 Å². The number of anilines is 1. The normalized spacial score (nSPS) is 11.5. The molecule has 3 rings (SSSR count). The van der Waals surface area contributed by atoms with E-state index in [9.17, 15) is 0 Å². The fourth-order valence-electron chi connectivity index (χ4n) is 2.78. The van der Waals surface area contributed by atoms with Gasteiger partial charge in [-0.15, -0.1) is 0 Å². The van der Waals surface area contributed by atoms with Crippen LogP contribution in [0.3, 0.4) is 0 Å². The van der Waals surface area contributed by atoms with Gasteiger partial charge in [-0.3, -0.25) is 0 Å². The average molecular weight is 337 g/mol. The Kier molecular flexibility index (Phi) is 5.84. The van der Waals surface area contributed by atoms with Gasteiger partial charge in [-0.05, 0) is 47.4 Å². The fourth-order valence-corrected chi connectivity index (χ4v) is 2.78. The molecule has 0 spiro atoms. The Bertz CT molecular complexity index is 901. The number of benzene rings is 3. The van der Waals surface area contributed by atoms with E-state index in [1.807, 2.05) is 37.3 Å². The molecule has 0 aliphatic heterocycles. The fraction of sp³-hybridized carbons (Fsp3) is 0.0400. The van der Waals surface area contributed by atoms with E-state index < -0.39 is 0 Å². The van der Waals surface area contributed by atoms with E-state index in [1.54, 1.807) is 0 Å². The van der Waals surface area contributed by atoms with Crippen LogP contribution in [0.5, 0.6) is 0 Å². The van der Waals surface area contributed by atoms with Crippen molar-refractivity contribution in [2.45, 2.75) is 6.92 Å². The topological polar surface area (TPSA) is 12.0 Å². The second-order valence-electron chi connectivity index (χ2n) is 6.04. The number of nitrogens with one attached hydrogen (secondary N) is 1. The molecule has 1 heteroatoms. The standard InChI is InChI=1S/C25H23N/c1-3-21(22-10-6-4-7-11-22)15-14-20(2)26-25-18-16-24(17-19-25)23-12-8-5-9-13-23/h3-19,26H,2H2,1H3/b15-14-,21-3+. The van der Waals surface area contributed by atoms with Crippen molar-refractivity contribution < 1.29 is 0 Å². The summed E-state index contributed by atoms with van der Waals surface area (Å²) >= 11 is 0. The Morgan fingerprint density at radius 3 is 1.92 bits per heavy atom. The summed E-state index contributed by atoms with van der Waals surface area (Å²) < 4.78 is 0. The molecule has 0 aliphatic carbocycles. The average Bonchev–Trinajstić information content (AvgIpc) is 2.70. The van der Waals surface area contributed by atoms with Gasteiger partial charge < -0.3 is 5.32 Å². The minimum absolute atomic E-state index is 0.854. The van der Waals surface area contributed by atoms with Gasteiger partial charge in [-0.1, -0.05) is 91.5 Å². The van der Waals surface area contributed by atoms with E-state index in [0.29, 0.717) is 0 Å². The lowest BCUT2D eigenvalue weighted by molar-refractivity contribution is 1.49. The minimum atomic E-state index is 0.854. The van der Waals surface area contributed by atoms with Crippen LogP contribution in [0.4, 0.5) is 5.69 Å². The monoisotopic (exact) mass is 337 g/mol. The molecule has 0 saturated carbocycles. The van der Waals surface area contributed by atoms with Gasteiger partial charge in [0.25, 0.3) is 0 Å². The minimum Gasteiger partial charge on any atom is -0.356 e. The first-order chi connectivity index (χ1) is 12.8. The van der Waals surface area contributed by atoms with Crippen LogP contribution in [0.15, 0.2) is 115 Å². The summed E-state index contributed by atoms with van der Waals surface area (Å²) in [6, 6.07) is 29.1. The molecule has 128 valence electrons. The van der Waals surface area contributed by atoms with Crippen LogP contribution < -0.4 is 5.32 Å². The summed E-state index contributed by atoms with van der Waals surface area (Å²) in [4.78, 5) is 0. The zero-order valence-electron chi connectivity index (χ0n) is 15.0. The highest BCUT2D eigenvalue weighted by Gasteiger charge is 1.99.